The summed E-state index contributed by atoms with van der Waals surface area (Å²) >= 11 is 0. The minimum atomic E-state index is -1.10. The molecule has 0 amide bonds. The lowest BCUT2D eigenvalue weighted by molar-refractivity contribution is 0.159. The highest BCUT2D eigenvalue weighted by molar-refractivity contribution is 5.77. The third-order valence-electron chi connectivity index (χ3n) is 5.02. The predicted molar refractivity (Wildman–Crippen MR) is 104 cm³/mol. The van der Waals surface area contributed by atoms with E-state index in [9.17, 15) is 4.39 Å². The molecular formula is C21H29FN2O. The summed E-state index contributed by atoms with van der Waals surface area (Å²) < 4.78 is 20.7. The number of anilines is 1. The third-order valence-corrected chi connectivity index (χ3v) is 5.02. The van der Waals surface area contributed by atoms with Crippen molar-refractivity contribution in [3.05, 3.63) is 48.2 Å². The van der Waals surface area contributed by atoms with Gasteiger partial charge in [-0.15, -0.1) is 0 Å². The van der Waals surface area contributed by atoms with E-state index in [1.807, 2.05) is 39.0 Å². The number of nitrogen functional groups attached to an aromatic ring is 1. The standard InChI is InChI=1S/C21H29FN2O/c1-6-8-19(18-13-21(22,7-2)12-15(18)4)24-16(5)25-20-11-17(23)10-9-14(20)3/h6,8-11,15,18H,1,7,12-13,23H2,2-5H3/b19-8-,24-16-. The van der Waals surface area contributed by atoms with Gasteiger partial charge in [-0.3, -0.25) is 0 Å². The molecule has 25 heavy (non-hydrogen) atoms. The lowest BCUT2D eigenvalue weighted by Gasteiger charge is -2.18. The molecule has 0 saturated heterocycles. The fraction of sp³-hybridized carbons (Fsp3) is 0.476. The highest BCUT2D eigenvalue weighted by Gasteiger charge is 2.43. The highest BCUT2D eigenvalue weighted by atomic mass is 19.1. The van der Waals surface area contributed by atoms with Gasteiger partial charge in [0.15, 0.2) is 5.90 Å². The van der Waals surface area contributed by atoms with Crippen molar-refractivity contribution in [3.63, 3.8) is 0 Å². The quantitative estimate of drug-likeness (QED) is 0.327. The lowest BCUT2D eigenvalue weighted by Crippen LogP contribution is -2.17. The maximum absolute atomic E-state index is 14.8. The Morgan fingerprint density at radius 1 is 1.48 bits per heavy atom. The molecular weight excluding hydrogens is 315 g/mol. The molecule has 3 nitrogen and oxygen atoms in total. The molecule has 0 bridgehead atoms. The average molecular weight is 344 g/mol. The molecule has 2 N–H and O–H groups in total. The molecule has 2 rings (SSSR count). The zero-order valence-corrected chi connectivity index (χ0v) is 15.7. The first-order valence-electron chi connectivity index (χ1n) is 8.89. The van der Waals surface area contributed by atoms with Gasteiger partial charge in [0.1, 0.15) is 11.4 Å². The summed E-state index contributed by atoms with van der Waals surface area (Å²) in [6, 6.07) is 5.53. The van der Waals surface area contributed by atoms with Crippen molar-refractivity contribution in [2.45, 2.75) is 52.6 Å². The molecule has 1 aromatic rings. The summed E-state index contributed by atoms with van der Waals surface area (Å²) in [6.45, 7) is 11.5. The minimum absolute atomic E-state index is 0.0726. The topological polar surface area (TPSA) is 47.6 Å². The molecule has 4 heteroatoms. The van der Waals surface area contributed by atoms with Crippen LogP contribution in [0.4, 0.5) is 10.1 Å². The van der Waals surface area contributed by atoms with Gasteiger partial charge in [0.05, 0.1) is 0 Å². The number of allylic oxidation sites excluding steroid dienone is 3. The van der Waals surface area contributed by atoms with Crippen molar-refractivity contribution >= 4 is 11.6 Å². The Bertz CT molecular complexity index is 695. The molecule has 1 saturated carbocycles. The molecule has 1 aromatic carbocycles. The first kappa shape index (κ1) is 19.2. The van der Waals surface area contributed by atoms with Crippen molar-refractivity contribution in [1.82, 2.24) is 0 Å². The van der Waals surface area contributed by atoms with Crippen LogP contribution in [0.15, 0.2) is 47.6 Å². The number of benzene rings is 1. The SMILES string of the molecule is C=C/C=C(\N=C(\C)Oc1cc(N)ccc1C)C1CC(F)(CC)CC1C. The van der Waals surface area contributed by atoms with E-state index in [2.05, 4.69) is 18.5 Å². The van der Waals surface area contributed by atoms with Gasteiger partial charge in [0.25, 0.3) is 0 Å². The number of halogens is 1. The first-order valence-corrected chi connectivity index (χ1v) is 8.89. The Labute approximate surface area is 150 Å². The molecule has 1 fully saturated rings. The molecule has 1 aliphatic carbocycles. The van der Waals surface area contributed by atoms with Crippen molar-refractivity contribution in [2.24, 2.45) is 16.8 Å². The molecule has 0 aliphatic heterocycles. The third kappa shape index (κ3) is 4.71. The van der Waals surface area contributed by atoms with E-state index in [1.54, 1.807) is 12.1 Å². The van der Waals surface area contributed by atoms with Gasteiger partial charge in [-0.25, -0.2) is 9.38 Å². The van der Waals surface area contributed by atoms with Crippen LogP contribution in [0, 0.1) is 18.8 Å². The fourth-order valence-corrected chi connectivity index (χ4v) is 3.54. The van der Waals surface area contributed by atoms with Crippen LogP contribution >= 0.6 is 0 Å². The van der Waals surface area contributed by atoms with Crippen LogP contribution < -0.4 is 10.5 Å². The van der Waals surface area contributed by atoms with E-state index >= 15 is 0 Å². The fourth-order valence-electron chi connectivity index (χ4n) is 3.54. The van der Waals surface area contributed by atoms with E-state index in [-0.39, 0.29) is 11.8 Å². The van der Waals surface area contributed by atoms with Crippen LogP contribution in [-0.4, -0.2) is 11.6 Å². The Balaban J connectivity index is 2.23. The Morgan fingerprint density at radius 2 is 2.20 bits per heavy atom. The van der Waals surface area contributed by atoms with E-state index in [4.69, 9.17) is 10.5 Å². The molecule has 0 radical (unpaired) electrons. The second-order valence-electron chi connectivity index (χ2n) is 7.08. The maximum Gasteiger partial charge on any atom is 0.191 e. The summed E-state index contributed by atoms with van der Waals surface area (Å²) in [5.74, 6) is 1.51. The Morgan fingerprint density at radius 3 is 2.80 bits per heavy atom. The molecule has 136 valence electrons. The number of nitrogens with zero attached hydrogens (tertiary/aromatic N) is 1. The van der Waals surface area contributed by atoms with Crippen molar-refractivity contribution < 1.29 is 9.13 Å². The van der Waals surface area contributed by atoms with E-state index < -0.39 is 5.67 Å². The zero-order valence-electron chi connectivity index (χ0n) is 15.7. The number of ether oxygens (including phenoxy) is 1. The summed E-state index contributed by atoms with van der Waals surface area (Å²) in [6.07, 6.45) is 5.18. The van der Waals surface area contributed by atoms with Crippen LogP contribution in [0.25, 0.3) is 0 Å². The van der Waals surface area contributed by atoms with Gasteiger partial charge in [-0.2, -0.15) is 0 Å². The van der Waals surface area contributed by atoms with E-state index in [0.29, 0.717) is 36.6 Å². The second-order valence-corrected chi connectivity index (χ2v) is 7.08. The van der Waals surface area contributed by atoms with Crippen LogP contribution in [0.5, 0.6) is 5.75 Å². The predicted octanol–water partition coefficient (Wildman–Crippen LogP) is 5.61. The molecule has 0 spiro atoms. The van der Waals surface area contributed by atoms with Crippen LogP contribution in [-0.2, 0) is 0 Å². The summed E-state index contributed by atoms with van der Waals surface area (Å²) in [5, 5.41) is 0. The maximum atomic E-state index is 14.8. The number of alkyl halides is 1. The highest BCUT2D eigenvalue weighted by Crippen LogP contribution is 2.47. The lowest BCUT2D eigenvalue weighted by atomic mass is 9.94. The van der Waals surface area contributed by atoms with Gasteiger partial charge >= 0.3 is 0 Å². The monoisotopic (exact) mass is 344 g/mol. The number of aryl methyl sites for hydroxylation is 1. The number of hydrogen-bond donors (Lipinski definition) is 1. The second kappa shape index (κ2) is 7.85. The van der Waals surface area contributed by atoms with Gasteiger partial charge < -0.3 is 10.5 Å². The van der Waals surface area contributed by atoms with E-state index in [0.717, 1.165) is 11.3 Å². The number of hydrogen-bond acceptors (Lipinski definition) is 3. The summed E-state index contributed by atoms with van der Waals surface area (Å²) in [4.78, 5) is 4.64. The first-order chi connectivity index (χ1) is 11.8. The van der Waals surface area contributed by atoms with E-state index in [1.165, 1.54) is 0 Å². The molecule has 1 aliphatic rings. The minimum Gasteiger partial charge on any atom is -0.443 e. The van der Waals surface area contributed by atoms with Gasteiger partial charge in [-0.1, -0.05) is 32.6 Å². The average Bonchev–Trinajstić information content (AvgIpc) is 2.86. The van der Waals surface area contributed by atoms with Crippen molar-refractivity contribution in [2.75, 3.05) is 5.73 Å². The number of aliphatic imine (C=N–C) groups is 1. The largest absolute Gasteiger partial charge is 0.443 e. The number of nitrogens with two attached hydrogens (primary N) is 1. The van der Waals surface area contributed by atoms with Gasteiger partial charge in [-0.05, 0) is 49.8 Å². The van der Waals surface area contributed by atoms with Crippen molar-refractivity contribution in [3.8, 4) is 5.75 Å². The van der Waals surface area contributed by atoms with Crippen LogP contribution in [0.2, 0.25) is 0 Å². The van der Waals surface area contributed by atoms with Crippen LogP contribution in [0.3, 0.4) is 0 Å². The smallest absolute Gasteiger partial charge is 0.191 e. The Hall–Kier alpha value is -2.10. The summed E-state index contributed by atoms with van der Waals surface area (Å²) in [7, 11) is 0. The molecule has 0 aromatic heterocycles. The number of rotatable bonds is 5. The molecule has 3 atom stereocenters. The molecule has 0 heterocycles. The zero-order chi connectivity index (χ0) is 18.6. The Kier molecular flexibility index (Phi) is 6.04. The van der Waals surface area contributed by atoms with Crippen molar-refractivity contribution in [1.29, 1.82) is 0 Å². The molecule has 3 unspecified atom stereocenters. The summed E-state index contributed by atoms with van der Waals surface area (Å²) in [5.41, 5.74) is 7.19. The normalized spacial score (nSPS) is 27.4. The van der Waals surface area contributed by atoms with Crippen LogP contribution in [0.1, 0.15) is 45.6 Å². The van der Waals surface area contributed by atoms with Gasteiger partial charge in [0, 0.05) is 30.3 Å². The van der Waals surface area contributed by atoms with Gasteiger partial charge in [0.2, 0.25) is 0 Å².